The van der Waals surface area contributed by atoms with E-state index in [4.69, 9.17) is 28.8 Å². The van der Waals surface area contributed by atoms with E-state index < -0.39 is 343 Å². The van der Waals surface area contributed by atoms with Crippen LogP contribution in [0.2, 0.25) is 0 Å². The van der Waals surface area contributed by atoms with Crippen molar-refractivity contribution in [3.05, 3.63) is 248 Å². The van der Waals surface area contributed by atoms with E-state index in [2.05, 4.69) is 9.97 Å². The van der Waals surface area contributed by atoms with Crippen molar-refractivity contribution < 1.29 is 54.8 Å². The van der Waals surface area contributed by atoms with E-state index >= 15 is 0 Å². The Morgan fingerprint density at radius 2 is 0.790 bits per heavy atom. The van der Waals surface area contributed by atoms with Crippen LogP contribution in [-0.4, -0.2) is 22.6 Å². The zero-order chi connectivity index (χ0) is 76.1. The minimum absolute atomic E-state index is 0.577. The predicted octanol–water partition coefficient (Wildman–Crippen LogP) is 11.6. The molecule has 0 saturated carbocycles. The molecule has 11 rings (SSSR count). The second-order valence-corrected chi connectivity index (χ2v) is 16.2. The molecule has 0 aliphatic carbocycles. The predicted molar refractivity (Wildman–Crippen MR) is 262 cm³/mol. The molecule has 0 bridgehead atoms. The van der Waals surface area contributed by atoms with E-state index in [0.717, 1.165) is 0 Å². The average molecular weight is 848 g/mol. The van der Waals surface area contributed by atoms with Gasteiger partial charge in [0.25, 0.3) is 0 Å². The SMILES string of the molecule is [2H]c1c([2H])c([2H])c(-c2cc(-c3c([2H])c([2H])c([2H])c([Si](c4c([2H])c([2H])c([2H])c([2H])c4[2H])(c4c([2H])c([2H])c([2H])c([2H])c4[2H])c4c([2H])c([2H])c([2H])c(-c5c([2H])c([2H])c([2H])c([2H])c5[2H])c4[2H])c3[2H])nc(-n3c4c([2H])c([2H])c([2H])c([2H])c4c4c(-c5c([2H])c([2H])c([2H])c([2H])c5[2H])c([2H])c([2H])c([2H])c43)n2)c([2H])c1[2H]. The highest BCUT2D eigenvalue weighted by Gasteiger charge is 2.41. The summed E-state index contributed by atoms with van der Waals surface area (Å²) in [5.41, 5.74) is -9.89. The van der Waals surface area contributed by atoms with Crippen LogP contribution in [0.4, 0.5) is 0 Å². The van der Waals surface area contributed by atoms with Gasteiger partial charge in [-0.25, -0.2) is 9.97 Å². The summed E-state index contributed by atoms with van der Waals surface area (Å²) in [6.07, 6.45) is 0. The average Bonchev–Trinajstić information content (AvgIpc) is 0.878. The van der Waals surface area contributed by atoms with Gasteiger partial charge in [0.15, 0.2) is 8.07 Å². The van der Waals surface area contributed by atoms with Crippen molar-refractivity contribution >= 4 is 50.6 Å². The summed E-state index contributed by atoms with van der Waals surface area (Å²) < 4.78 is 370. The Kier molecular flexibility index (Phi) is 3.61. The standard InChI is InChI=1S/C58H41N3Si/c1-6-21-42(22-7-1)45-27-18-33-49(39-45)62(47-29-12-4-13-30-47,48-31-14-5-15-32-48)50-34-19-28-46(40-50)54-41-53(44-25-10-3-11-26-44)59-58(60-54)61-55-37-17-16-35-52(55)57-51(36-20-38-56(57)61)43-23-8-2-9-24-43/h1-41H/i1D,2D,3D,4D,5D,6D,7D,8D,9D,10D,11D,12D,13D,14D,15D,16D,17D,18D,19D,20D,21D,22D,23D,24D,25D,26D,27D,28D,29D,30D,31D,32D,33D,34D,35D,36D,37D,38D,39D,40D. The molecule has 2 aromatic heterocycles. The number of aromatic nitrogens is 3. The summed E-state index contributed by atoms with van der Waals surface area (Å²) in [5.74, 6) is -1.16. The fourth-order valence-corrected chi connectivity index (χ4v) is 10.4. The molecule has 62 heavy (non-hydrogen) atoms. The van der Waals surface area contributed by atoms with Crippen LogP contribution in [-0.2, 0) is 0 Å². The molecule has 0 aliphatic heterocycles. The molecule has 0 radical (unpaired) electrons. The van der Waals surface area contributed by atoms with Crippen LogP contribution in [0.3, 0.4) is 0 Å². The van der Waals surface area contributed by atoms with E-state index in [0.29, 0.717) is 10.6 Å². The molecular weight excluding hydrogens is 767 g/mol. The molecule has 0 unspecified atom stereocenters. The van der Waals surface area contributed by atoms with Crippen molar-refractivity contribution in [2.24, 2.45) is 0 Å². The number of para-hydroxylation sites is 1. The lowest BCUT2D eigenvalue weighted by molar-refractivity contribution is 0.996. The molecule has 0 spiro atoms. The van der Waals surface area contributed by atoms with Gasteiger partial charge >= 0.3 is 0 Å². The van der Waals surface area contributed by atoms with Crippen molar-refractivity contribution in [1.29, 1.82) is 0 Å². The molecule has 0 amide bonds. The molecule has 292 valence electrons. The second kappa shape index (κ2) is 15.9. The number of hydrogen-bond donors (Lipinski definition) is 0. The lowest BCUT2D eigenvalue weighted by Crippen LogP contribution is -2.74. The number of fused-ring (bicyclic) bond motifs is 3. The van der Waals surface area contributed by atoms with Gasteiger partial charge < -0.3 is 0 Å². The quantitative estimate of drug-likeness (QED) is 0.107. The third kappa shape index (κ3) is 6.46. The van der Waals surface area contributed by atoms with Crippen LogP contribution in [0.1, 0.15) is 54.8 Å². The van der Waals surface area contributed by atoms with Gasteiger partial charge in [-0.15, -0.1) is 0 Å². The highest BCUT2D eigenvalue weighted by Crippen LogP contribution is 2.38. The summed E-state index contributed by atoms with van der Waals surface area (Å²) in [4.78, 5) is 9.15. The fourth-order valence-electron chi connectivity index (χ4n) is 6.82. The van der Waals surface area contributed by atoms with Crippen LogP contribution in [0.15, 0.2) is 248 Å². The molecule has 0 atom stereocenters. The Balaban J connectivity index is 1.48. The molecular formula is C58H41N3Si. The van der Waals surface area contributed by atoms with E-state index in [1.165, 1.54) is 0 Å². The van der Waals surface area contributed by atoms with E-state index in [1.54, 1.807) is 0 Å². The van der Waals surface area contributed by atoms with E-state index in [1.807, 2.05) is 0 Å². The maximum atomic E-state index is 10.7. The Bertz CT molecular complexity index is 5520. The van der Waals surface area contributed by atoms with Crippen LogP contribution in [0.5, 0.6) is 0 Å². The van der Waals surface area contributed by atoms with Gasteiger partial charge in [-0.1, -0.05) is 230 Å². The molecule has 11 aromatic rings. The first kappa shape index (κ1) is 14.1. The van der Waals surface area contributed by atoms with E-state index in [9.17, 15) is 26.0 Å². The fraction of sp³-hybridized carbons (Fsp3) is 0. The van der Waals surface area contributed by atoms with Crippen molar-refractivity contribution in [2.45, 2.75) is 0 Å². The largest absolute Gasteiger partial charge is 0.278 e. The van der Waals surface area contributed by atoms with Crippen LogP contribution in [0, 0.1) is 0 Å². The van der Waals surface area contributed by atoms with Gasteiger partial charge in [-0.3, -0.25) is 4.57 Å². The van der Waals surface area contributed by atoms with Crippen molar-refractivity contribution in [2.75, 3.05) is 0 Å². The summed E-state index contributed by atoms with van der Waals surface area (Å²) in [6, 6.07) is -48.4. The van der Waals surface area contributed by atoms with Crippen molar-refractivity contribution in [3.63, 3.8) is 0 Å². The number of benzene rings is 9. The minimum atomic E-state index is -6.90. The molecule has 0 saturated heterocycles. The highest BCUT2D eigenvalue weighted by atomic mass is 28.3. The highest BCUT2D eigenvalue weighted by molar-refractivity contribution is 7.20. The third-order valence-electron chi connectivity index (χ3n) is 9.40. The Hall–Kier alpha value is -7.92. The van der Waals surface area contributed by atoms with Gasteiger partial charge in [-0.2, -0.15) is 0 Å². The van der Waals surface area contributed by atoms with Crippen LogP contribution in [0.25, 0.3) is 72.5 Å². The van der Waals surface area contributed by atoms with Gasteiger partial charge in [0.1, 0.15) is 0 Å². The Morgan fingerprint density at radius 3 is 1.42 bits per heavy atom. The number of hydrogen-bond acceptors (Lipinski definition) is 2. The van der Waals surface area contributed by atoms with Gasteiger partial charge in [0, 0.05) is 21.9 Å². The van der Waals surface area contributed by atoms with Gasteiger partial charge in [0.2, 0.25) is 5.95 Å². The molecule has 0 fully saturated rings. The van der Waals surface area contributed by atoms with Crippen molar-refractivity contribution in [1.82, 2.24) is 14.5 Å². The first-order valence-electron chi connectivity index (χ1n) is 37.9. The Labute approximate surface area is 419 Å². The molecule has 3 nitrogen and oxygen atoms in total. The van der Waals surface area contributed by atoms with Gasteiger partial charge in [-0.05, 0) is 61.2 Å². The van der Waals surface area contributed by atoms with E-state index in [-0.39, 0.29) is 0 Å². The monoisotopic (exact) mass is 848 g/mol. The van der Waals surface area contributed by atoms with Gasteiger partial charge in [0.05, 0.1) is 77.3 Å². The number of rotatable bonds is 9. The van der Waals surface area contributed by atoms with Crippen LogP contribution >= 0.6 is 0 Å². The smallest absolute Gasteiger partial charge is 0.235 e. The summed E-state index contributed by atoms with van der Waals surface area (Å²) in [7, 11) is -6.90. The number of nitrogens with zero attached hydrogens (tertiary/aromatic N) is 3. The Morgan fingerprint density at radius 1 is 0.355 bits per heavy atom. The van der Waals surface area contributed by atoms with Crippen molar-refractivity contribution in [3.8, 4) is 50.7 Å². The summed E-state index contributed by atoms with van der Waals surface area (Å²) in [6.45, 7) is 0. The van der Waals surface area contributed by atoms with Crippen LogP contribution < -0.4 is 20.7 Å². The zero-order valence-electron chi connectivity index (χ0n) is 70.9. The first-order chi connectivity index (χ1) is 47.4. The zero-order valence-corrected chi connectivity index (χ0v) is 31.9. The molecule has 2 heterocycles. The lowest BCUT2D eigenvalue weighted by atomic mass is 9.99. The maximum absolute atomic E-state index is 10.7. The normalized spacial score (nSPS) is 20.6. The molecule has 0 aliphatic rings. The lowest BCUT2D eigenvalue weighted by Gasteiger charge is -2.35. The minimum Gasteiger partial charge on any atom is -0.278 e. The summed E-state index contributed by atoms with van der Waals surface area (Å²) >= 11 is 0. The third-order valence-corrected chi connectivity index (χ3v) is 13.4. The molecule has 4 heteroatoms. The summed E-state index contributed by atoms with van der Waals surface area (Å²) in [5, 5.41) is -7.02. The maximum Gasteiger partial charge on any atom is 0.235 e. The first-order valence-corrected chi connectivity index (χ1v) is 19.9. The topological polar surface area (TPSA) is 30.7 Å². The second-order valence-electron chi connectivity index (χ2n) is 12.7. The molecule has 0 N–H and O–H groups in total. The molecule has 9 aromatic carbocycles.